The average Bonchev–Trinajstić information content (AvgIpc) is 2.41. The van der Waals surface area contributed by atoms with E-state index < -0.39 is 30.0 Å². The first kappa shape index (κ1) is 17.8. The Morgan fingerprint density at radius 1 is 1.00 bits per heavy atom. The lowest BCUT2D eigenvalue weighted by molar-refractivity contribution is -0.100. The van der Waals surface area contributed by atoms with Crippen molar-refractivity contribution in [2.75, 3.05) is 13.1 Å². The summed E-state index contributed by atoms with van der Waals surface area (Å²) in [5, 5.41) is 3.11. The summed E-state index contributed by atoms with van der Waals surface area (Å²) in [4.78, 5) is 5.67. The van der Waals surface area contributed by atoms with Gasteiger partial charge >= 0.3 is 7.12 Å². The van der Waals surface area contributed by atoms with Crippen LogP contribution in [0.2, 0.25) is 0 Å². The Kier molecular flexibility index (Phi) is 9.10. The second-order valence-corrected chi connectivity index (χ2v) is 3.23. The summed E-state index contributed by atoms with van der Waals surface area (Å²) in [5.74, 6) is -5.12. The van der Waals surface area contributed by atoms with Crippen LogP contribution in [0.1, 0.15) is 13.8 Å². The smallest absolute Gasteiger partial charge is 0.317 e. The van der Waals surface area contributed by atoms with E-state index in [1.165, 1.54) is 0 Å². The second-order valence-electron chi connectivity index (χ2n) is 3.23. The molecule has 0 aliphatic rings. The fourth-order valence-corrected chi connectivity index (χ4v) is 1.08. The molecule has 0 bridgehead atoms. The predicted octanol–water partition coefficient (Wildman–Crippen LogP) is 2.22. The number of hydrogen-bond donors (Lipinski definition) is 1. The molecular weight excluding hydrogens is 272 g/mol. The third kappa shape index (κ3) is 5.54. The van der Waals surface area contributed by atoms with E-state index in [1.807, 2.05) is 0 Å². The van der Waals surface area contributed by atoms with Crippen molar-refractivity contribution in [2.24, 2.45) is 0 Å². The molecule has 1 N–H and O–H groups in total. The molecule has 0 radical (unpaired) electrons. The van der Waals surface area contributed by atoms with Crippen LogP contribution in [0.15, 0.2) is 12.1 Å². The van der Waals surface area contributed by atoms with Gasteiger partial charge in [0.25, 0.3) is 0 Å². The largest absolute Gasteiger partial charge is 0.571 e. The zero-order valence-corrected chi connectivity index (χ0v) is 10.4. The second kappa shape index (κ2) is 9.71. The Hall–Kier alpha value is -1.19. The van der Waals surface area contributed by atoms with Gasteiger partial charge in [0.2, 0.25) is 0 Å². The zero-order chi connectivity index (χ0) is 14.8. The quantitative estimate of drug-likeness (QED) is 0.511. The number of nitrogens with one attached hydrogen (secondary N) is 1. The molecule has 19 heavy (non-hydrogen) atoms. The van der Waals surface area contributed by atoms with Crippen LogP contribution in [0.3, 0.4) is 0 Å². The molecular formula is C10H13BF5NO2. The summed E-state index contributed by atoms with van der Waals surface area (Å²) in [6.45, 7) is 6.39. The maximum Gasteiger partial charge on any atom is 0.571 e. The topological polar surface area (TPSA) is 30.5 Å². The highest BCUT2D eigenvalue weighted by Gasteiger charge is 2.30. The molecule has 0 saturated heterocycles. The van der Waals surface area contributed by atoms with E-state index in [9.17, 15) is 22.2 Å². The molecule has 0 fully saturated rings. The van der Waals surface area contributed by atoms with Gasteiger partial charge in [0.1, 0.15) is 0 Å². The summed E-state index contributed by atoms with van der Waals surface area (Å²) in [5.41, 5.74) is -0.922. The van der Waals surface area contributed by atoms with Gasteiger partial charge in [-0.1, -0.05) is 29.0 Å². The van der Waals surface area contributed by atoms with Crippen LogP contribution in [-0.2, 0) is 9.72 Å². The van der Waals surface area contributed by atoms with Crippen LogP contribution in [0, 0.1) is 17.5 Å². The molecule has 108 valence electrons. The van der Waals surface area contributed by atoms with Gasteiger partial charge in [0.05, 0.1) is 0 Å². The first-order valence-electron chi connectivity index (χ1n) is 5.42. The van der Waals surface area contributed by atoms with Crippen molar-refractivity contribution in [3.63, 3.8) is 0 Å². The van der Waals surface area contributed by atoms with Crippen molar-refractivity contribution in [1.82, 2.24) is 5.32 Å². The highest BCUT2D eigenvalue weighted by atomic mass is 19.3. The molecule has 0 aliphatic heterocycles. The van der Waals surface area contributed by atoms with Crippen molar-refractivity contribution in [3.8, 4) is 0 Å². The highest BCUT2D eigenvalue weighted by Crippen LogP contribution is 2.09. The molecule has 9 heteroatoms. The number of benzene rings is 1. The molecule has 0 aliphatic carbocycles. The van der Waals surface area contributed by atoms with Gasteiger partial charge in [0, 0.05) is 5.46 Å². The minimum atomic E-state index is -2.37. The lowest BCUT2D eigenvalue weighted by Crippen LogP contribution is -2.36. The van der Waals surface area contributed by atoms with E-state index in [0.29, 0.717) is 12.1 Å². The molecule has 0 amide bonds. The fourth-order valence-electron chi connectivity index (χ4n) is 1.08. The van der Waals surface area contributed by atoms with Crippen LogP contribution in [0.25, 0.3) is 0 Å². The Morgan fingerprint density at radius 3 is 1.89 bits per heavy atom. The summed E-state index contributed by atoms with van der Waals surface area (Å²) < 4.78 is 60.7. The van der Waals surface area contributed by atoms with Gasteiger partial charge in [-0.3, -0.25) is 0 Å². The third-order valence-electron chi connectivity index (χ3n) is 1.98. The van der Waals surface area contributed by atoms with Crippen molar-refractivity contribution in [2.45, 2.75) is 13.8 Å². The van der Waals surface area contributed by atoms with Gasteiger partial charge in [-0.2, -0.15) is 0 Å². The molecule has 0 unspecified atom stereocenters. The van der Waals surface area contributed by atoms with Crippen LogP contribution >= 0.6 is 0 Å². The van der Waals surface area contributed by atoms with Gasteiger partial charge in [0.15, 0.2) is 17.5 Å². The Bertz CT molecular complexity index is 377. The maximum atomic E-state index is 12.8. The number of halogens is 5. The Morgan fingerprint density at radius 2 is 1.53 bits per heavy atom. The summed E-state index contributed by atoms with van der Waals surface area (Å²) >= 11 is 0. The van der Waals surface area contributed by atoms with E-state index in [1.54, 1.807) is 0 Å². The van der Waals surface area contributed by atoms with Crippen LogP contribution in [0.4, 0.5) is 22.2 Å². The molecule has 3 nitrogen and oxygen atoms in total. The van der Waals surface area contributed by atoms with Crippen molar-refractivity contribution in [1.29, 1.82) is 0 Å². The molecule has 0 saturated carbocycles. The van der Waals surface area contributed by atoms with Gasteiger partial charge in [-0.05, 0) is 19.2 Å². The average molecular weight is 285 g/mol. The standard InChI is InChI=1S/C6H2BF5O2.C4H11N/c8-4-2-1-3(5(9)6(4)10)7(13-11)14-12;1-3-5-4-2/h1-2H;5H,3-4H2,1-2H3. The van der Waals surface area contributed by atoms with E-state index in [-0.39, 0.29) is 0 Å². The summed E-state index contributed by atoms with van der Waals surface area (Å²) in [6, 6.07) is 1.08. The normalized spacial score (nSPS) is 9.84. The van der Waals surface area contributed by atoms with Crippen molar-refractivity contribution in [3.05, 3.63) is 29.6 Å². The molecule has 0 aromatic heterocycles. The van der Waals surface area contributed by atoms with Crippen molar-refractivity contribution < 1.29 is 31.9 Å². The van der Waals surface area contributed by atoms with E-state index >= 15 is 0 Å². The first-order chi connectivity index (χ1) is 9.03. The minimum absolute atomic E-state index is 0.485. The SMILES string of the molecule is CCNCC.FOB(OF)c1ccc(F)c(F)c1F. The molecule has 1 aromatic carbocycles. The minimum Gasteiger partial charge on any atom is -0.317 e. The van der Waals surface area contributed by atoms with Gasteiger partial charge in [-0.25, -0.2) is 22.9 Å². The predicted molar refractivity (Wildman–Crippen MR) is 60.3 cm³/mol. The maximum absolute atomic E-state index is 12.8. The summed E-state index contributed by atoms with van der Waals surface area (Å²) in [7, 11) is -2.37. The Balaban J connectivity index is 0.000000555. The molecule has 0 spiro atoms. The van der Waals surface area contributed by atoms with Gasteiger partial charge < -0.3 is 5.32 Å². The highest BCUT2D eigenvalue weighted by molar-refractivity contribution is 6.60. The van der Waals surface area contributed by atoms with E-state index in [0.717, 1.165) is 13.1 Å². The third-order valence-corrected chi connectivity index (χ3v) is 1.98. The Labute approximate surface area is 107 Å². The van der Waals surface area contributed by atoms with E-state index in [2.05, 4.69) is 28.9 Å². The van der Waals surface area contributed by atoms with Crippen LogP contribution in [0.5, 0.6) is 0 Å². The van der Waals surface area contributed by atoms with Crippen LogP contribution < -0.4 is 10.8 Å². The van der Waals surface area contributed by atoms with Crippen LogP contribution in [-0.4, -0.2) is 20.2 Å². The fraction of sp³-hybridized carbons (Fsp3) is 0.400. The van der Waals surface area contributed by atoms with E-state index in [4.69, 9.17) is 0 Å². The number of rotatable bonds is 5. The van der Waals surface area contributed by atoms with Crippen molar-refractivity contribution >= 4 is 12.6 Å². The molecule has 0 atom stereocenters. The monoisotopic (exact) mass is 285 g/mol. The molecule has 0 heterocycles. The zero-order valence-electron chi connectivity index (χ0n) is 10.4. The lowest BCUT2D eigenvalue weighted by atomic mass is 9.79. The lowest BCUT2D eigenvalue weighted by Gasteiger charge is -2.04. The molecule has 1 rings (SSSR count). The first-order valence-corrected chi connectivity index (χ1v) is 5.42. The van der Waals surface area contributed by atoms with Gasteiger partial charge in [-0.15, -0.1) is 0 Å². The number of hydrogen-bond acceptors (Lipinski definition) is 3. The summed E-state index contributed by atoms with van der Waals surface area (Å²) in [6.07, 6.45) is 0. The molecule has 1 aromatic rings.